The molecule has 0 saturated heterocycles. The number of nitrogens with zero attached hydrogens (tertiary/aromatic N) is 1. The first-order chi connectivity index (χ1) is 9.43. The third-order valence-electron chi connectivity index (χ3n) is 3.64. The number of carbonyl (C=O) groups is 1. The minimum Gasteiger partial charge on any atom is -0.478 e. The van der Waals surface area contributed by atoms with Crippen LogP contribution in [0.15, 0.2) is 18.2 Å². The fourth-order valence-electron chi connectivity index (χ4n) is 2.46. The smallest absolute Gasteiger partial charge is 0.335 e. The Bertz CT molecular complexity index is 610. The van der Waals surface area contributed by atoms with Crippen molar-refractivity contribution in [3.8, 4) is 0 Å². The summed E-state index contributed by atoms with van der Waals surface area (Å²) in [5, 5.41) is 8.96. The van der Waals surface area contributed by atoms with Crippen molar-refractivity contribution >= 4 is 21.5 Å². The van der Waals surface area contributed by atoms with E-state index in [-0.39, 0.29) is 11.5 Å². The van der Waals surface area contributed by atoms with Gasteiger partial charge in [-0.1, -0.05) is 6.92 Å². The Morgan fingerprint density at radius 2 is 2.15 bits per heavy atom. The lowest BCUT2D eigenvalue weighted by atomic mass is 10.1. The first-order valence-electron chi connectivity index (χ1n) is 6.74. The van der Waals surface area contributed by atoms with Gasteiger partial charge in [-0.2, -0.15) is 0 Å². The summed E-state index contributed by atoms with van der Waals surface area (Å²) in [4.78, 5) is 13.0. The monoisotopic (exact) mass is 297 g/mol. The lowest BCUT2D eigenvalue weighted by Gasteiger charge is -2.19. The van der Waals surface area contributed by atoms with Gasteiger partial charge in [0.1, 0.15) is 9.84 Å². The van der Waals surface area contributed by atoms with Crippen molar-refractivity contribution in [2.24, 2.45) is 0 Å². The maximum Gasteiger partial charge on any atom is 0.335 e. The summed E-state index contributed by atoms with van der Waals surface area (Å²) in [5.41, 5.74) is 2.37. The molecule has 0 saturated carbocycles. The molecule has 0 unspecified atom stereocenters. The molecule has 1 N–H and O–H groups in total. The Balaban J connectivity index is 2.00. The SMILES string of the molecule is CCS(=O)(=O)CCCN1CCc2cc(C(=O)O)ccc21. The number of hydrogen-bond donors (Lipinski definition) is 1. The molecule has 0 radical (unpaired) electrons. The van der Waals surface area contributed by atoms with Gasteiger partial charge in [-0.05, 0) is 36.6 Å². The molecule has 0 bridgehead atoms. The van der Waals surface area contributed by atoms with Crippen molar-refractivity contribution in [3.05, 3.63) is 29.3 Å². The number of aromatic carboxylic acids is 1. The number of anilines is 1. The van der Waals surface area contributed by atoms with Crippen LogP contribution in [0.2, 0.25) is 0 Å². The molecule has 5 nitrogen and oxygen atoms in total. The highest BCUT2D eigenvalue weighted by molar-refractivity contribution is 7.91. The number of hydrogen-bond acceptors (Lipinski definition) is 4. The minimum atomic E-state index is -2.91. The molecular formula is C14H19NO4S. The molecule has 1 aliphatic heterocycles. The molecule has 1 aliphatic rings. The van der Waals surface area contributed by atoms with Gasteiger partial charge in [0.15, 0.2) is 0 Å². The molecule has 0 aliphatic carbocycles. The van der Waals surface area contributed by atoms with Crippen LogP contribution in [0.5, 0.6) is 0 Å². The van der Waals surface area contributed by atoms with Crippen LogP contribution in [-0.4, -0.2) is 44.1 Å². The molecule has 20 heavy (non-hydrogen) atoms. The lowest BCUT2D eigenvalue weighted by Crippen LogP contribution is -2.24. The van der Waals surface area contributed by atoms with Crippen molar-refractivity contribution < 1.29 is 18.3 Å². The number of carboxylic acids is 1. The van der Waals surface area contributed by atoms with E-state index in [9.17, 15) is 13.2 Å². The van der Waals surface area contributed by atoms with Crippen LogP contribution < -0.4 is 4.90 Å². The quantitative estimate of drug-likeness (QED) is 0.862. The van der Waals surface area contributed by atoms with Crippen molar-refractivity contribution in [1.82, 2.24) is 0 Å². The fourth-order valence-corrected chi connectivity index (χ4v) is 3.31. The van der Waals surface area contributed by atoms with Gasteiger partial charge < -0.3 is 10.0 Å². The molecule has 1 aromatic rings. The first-order valence-corrected chi connectivity index (χ1v) is 8.56. The highest BCUT2D eigenvalue weighted by atomic mass is 32.2. The summed E-state index contributed by atoms with van der Waals surface area (Å²) in [6.45, 7) is 3.18. The molecule has 2 rings (SSSR count). The predicted octanol–water partition coefficient (Wildman–Crippen LogP) is 1.57. The Morgan fingerprint density at radius 1 is 1.40 bits per heavy atom. The number of fused-ring (bicyclic) bond motifs is 1. The van der Waals surface area contributed by atoms with Crippen LogP contribution in [-0.2, 0) is 16.3 Å². The topological polar surface area (TPSA) is 74.7 Å². The summed E-state index contributed by atoms with van der Waals surface area (Å²) in [7, 11) is -2.91. The Labute approximate surface area is 119 Å². The number of rotatable bonds is 6. The maximum absolute atomic E-state index is 11.5. The van der Waals surface area contributed by atoms with Crippen molar-refractivity contribution in [1.29, 1.82) is 0 Å². The molecule has 6 heteroatoms. The second-order valence-corrected chi connectivity index (χ2v) is 7.45. The highest BCUT2D eigenvalue weighted by Gasteiger charge is 2.20. The van der Waals surface area contributed by atoms with Crippen molar-refractivity contribution in [2.45, 2.75) is 19.8 Å². The summed E-state index contributed by atoms with van der Waals surface area (Å²) < 4.78 is 22.9. The molecule has 0 atom stereocenters. The minimum absolute atomic E-state index is 0.186. The summed E-state index contributed by atoms with van der Waals surface area (Å²) in [6.07, 6.45) is 1.42. The predicted molar refractivity (Wildman–Crippen MR) is 78.3 cm³/mol. The maximum atomic E-state index is 11.5. The second kappa shape index (κ2) is 5.83. The van der Waals surface area contributed by atoms with E-state index < -0.39 is 15.8 Å². The van der Waals surface area contributed by atoms with Crippen LogP contribution in [0.25, 0.3) is 0 Å². The zero-order chi connectivity index (χ0) is 14.8. The van der Waals surface area contributed by atoms with E-state index in [4.69, 9.17) is 5.11 Å². The van der Waals surface area contributed by atoms with Gasteiger partial charge in [-0.25, -0.2) is 13.2 Å². The van der Waals surface area contributed by atoms with Crippen LogP contribution in [0.3, 0.4) is 0 Å². The standard InChI is InChI=1S/C14H19NO4S/c1-2-20(18,19)9-3-7-15-8-6-11-10-12(14(16)17)4-5-13(11)15/h4-5,10H,2-3,6-9H2,1H3,(H,16,17). The molecular weight excluding hydrogens is 278 g/mol. The summed E-state index contributed by atoms with van der Waals surface area (Å²) in [5.74, 6) is -0.519. The van der Waals surface area contributed by atoms with Gasteiger partial charge >= 0.3 is 5.97 Å². The highest BCUT2D eigenvalue weighted by Crippen LogP contribution is 2.28. The number of sulfone groups is 1. The van der Waals surface area contributed by atoms with E-state index in [0.717, 1.165) is 24.2 Å². The van der Waals surface area contributed by atoms with Crippen LogP contribution in [0, 0.1) is 0 Å². The van der Waals surface area contributed by atoms with Gasteiger partial charge in [0, 0.05) is 24.5 Å². The van der Waals surface area contributed by atoms with Crippen LogP contribution in [0.4, 0.5) is 5.69 Å². The van der Waals surface area contributed by atoms with Crippen LogP contribution >= 0.6 is 0 Å². The van der Waals surface area contributed by atoms with Gasteiger partial charge in [0.25, 0.3) is 0 Å². The molecule has 0 aromatic heterocycles. The zero-order valence-electron chi connectivity index (χ0n) is 11.5. The zero-order valence-corrected chi connectivity index (χ0v) is 12.3. The van der Waals surface area contributed by atoms with E-state index in [1.165, 1.54) is 0 Å². The average molecular weight is 297 g/mol. The number of benzene rings is 1. The largest absolute Gasteiger partial charge is 0.478 e. The van der Waals surface area contributed by atoms with E-state index >= 15 is 0 Å². The third kappa shape index (κ3) is 3.30. The second-order valence-electron chi connectivity index (χ2n) is 4.98. The van der Waals surface area contributed by atoms with Crippen molar-refractivity contribution in [2.75, 3.05) is 29.5 Å². The molecule has 0 spiro atoms. The molecule has 0 fully saturated rings. The fraction of sp³-hybridized carbons (Fsp3) is 0.500. The third-order valence-corrected chi connectivity index (χ3v) is 5.43. The molecule has 110 valence electrons. The summed E-state index contributed by atoms with van der Waals surface area (Å²) >= 11 is 0. The average Bonchev–Trinajstić information content (AvgIpc) is 2.81. The van der Waals surface area contributed by atoms with E-state index in [1.807, 2.05) is 6.07 Å². The number of carboxylic acid groups (broad SMARTS) is 1. The summed E-state index contributed by atoms with van der Waals surface area (Å²) in [6, 6.07) is 5.13. The molecule has 1 aromatic carbocycles. The lowest BCUT2D eigenvalue weighted by molar-refractivity contribution is 0.0697. The van der Waals surface area contributed by atoms with Crippen LogP contribution in [0.1, 0.15) is 29.3 Å². The van der Waals surface area contributed by atoms with Gasteiger partial charge in [-0.3, -0.25) is 0 Å². The Kier molecular flexibility index (Phi) is 4.32. The van der Waals surface area contributed by atoms with Gasteiger partial charge in [-0.15, -0.1) is 0 Å². The first kappa shape index (κ1) is 14.8. The van der Waals surface area contributed by atoms with Gasteiger partial charge in [0.05, 0.1) is 11.3 Å². The normalized spacial score (nSPS) is 14.3. The van der Waals surface area contributed by atoms with Gasteiger partial charge in [0.2, 0.25) is 0 Å². The van der Waals surface area contributed by atoms with E-state index in [1.54, 1.807) is 19.1 Å². The van der Waals surface area contributed by atoms with E-state index in [2.05, 4.69) is 4.90 Å². The Morgan fingerprint density at radius 3 is 2.80 bits per heavy atom. The Hall–Kier alpha value is -1.56. The van der Waals surface area contributed by atoms with E-state index in [0.29, 0.717) is 18.5 Å². The van der Waals surface area contributed by atoms with Crippen molar-refractivity contribution in [3.63, 3.8) is 0 Å². The molecule has 1 heterocycles. The molecule has 0 amide bonds.